The molecule has 2 aromatic heterocycles. The highest BCUT2D eigenvalue weighted by molar-refractivity contribution is 6.06. The average Bonchev–Trinajstić information content (AvgIpc) is 3.33. The minimum absolute atomic E-state index is 0.0242. The second-order valence-electron chi connectivity index (χ2n) is 9.85. The maximum Gasteiger partial charge on any atom is 0.416 e. The Kier molecular flexibility index (Phi) is 7.10. The van der Waals surface area contributed by atoms with Crippen LogP contribution in [-0.4, -0.2) is 35.1 Å². The van der Waals surface area contributed by atoms with Crippen LogP contribution in [0.1, 0.15) is 47.3 Å². The van der Waals surface area contributed by atoms with Crippen LogP contribution < -0.4 is 5.32 Å². The van der Waals surface area contributed by atoms with Crippen LogP contribution in [-0.2, 0) is 22.3 Å². The number of benzene rings is 2. The summed E-state index contributed by atoms with van der Waals surface area (Å²) in [5.74, 6) is -0.764. The van der Waals surface area contributed by atoms with Gasteiger partial charge in [0, 0.05) is 23.5 Å². The molecule has 0 unspecified atom stereocenters. The number of pyridine rings is 1. The van der Waals surface area contributed by atoms with E-state index < -0.39 is 17.6 Å². The Morgan fingerprint density at radius 1 is 1.03 bits per heavy atom. The standard InChI is InChI=1S/C29H28F3N3O3/c1-38-28(37)20-8-6-18(7-9-20)16-33-27(36)24-15-22(29(30,31)32)14-21-12-13-35(26(21)24)17-23-11-10-19-4-2-3-5-25(19)34-23/h2-5,10-15,18,20H,6-9,16-17H2,1H3,(H,33,36)/t18-,20-. The van der Waals surface area contributed by atoms with Crippen molar-refractivity contribution in [1.82, 2.24) is 14.9 Å². The number of amides is 1. The molecule has 2 aromatic carbocycles. The third kappa shape index (κ3) is 5.37. The lowest BCUT2D eigenvalue weighted by molar-refractivity contribution is -0.146. The molecule has 198 valence electrons. The summed E-state index contributed by atoms with van der Waals surface area (Å²) >= 11 is 0. The van der Waals surface area contributed by atoms with E-state index in [-0.39, 0.29) is 23.4 Å². The van der Waals surface area contributed by atoms with Gasteiger partial charge >= 0.3 is 12.1 Å². The maximum absolute atomic E-state index is 13.7. The summed E-state index contributed by atoms with van der Waals surface area (Å²) in [4.78, 5) is 29.7. The minimum Gasteiger partial charge on any atom is -0.469 e. The number of hydrogen-bond acceptors (Lipinski definition) is 4. The highest BCUT2D eigenvalue weighted by atomic mass is 19.4. The van der Waals surface area contributed by atoms with E-state index in [1.165, 1.54) is 7.11 Å². The highest BCUT2D eigenvalue weighted by Gasteiger charge is 2.33. The number of aromatic nitrogens is 2. The monoisotopic (exact) mass is 523 g/mol. The van der Waals surface area contributed by atoms with E-state index in [2.05, 4.69) is 10.3 Å². The molecule has 0 spiro atoms. The first-order chi connectivity index (χ1) is 18.2. The number of esters is 1. The topological polar surface area (TPSA) is 73.2 Å². The molecule has 0 atom stereocenters. The second-order valence-corrected chi connectivity index (χ2v) is 9.85. The number of fused-ring (bicyclic) bond motifs is 2. The molecule has 38 heavy (non-hydrogen) atoms. The van der Waals surface area contributed by atoms with E-state index in [4.69, 9.17) is 4.74 Å². The summed E-state index contributed by atoms with van der Waals surface area (Å²) in [7, 11) is 1.37. The quantitative estimate of drug-likeness (QED) is 0.316. The van der Waals surface area contributed by atoms with Crippen molar-refractivity contribution in [3.05, 3.63) is 77.6 Å². The number of halogens is 3. The Balaban J connectivity index is 1.40. The van der Waals surface area contributed by atoms with Crippen molar-refractivity contribution in [3.63, 3.8) is 0 Å². The van der Waals surface area contributed by atoms with Gasteiger partial charge in [0.2, 0.25) is 0 Å². The zero-order chi connectivity index (χ0) is 26.9. The van der Waals surface area contributed by atoms with Crippen molar-refractivity contribution in [2.45, 2.75) is 38.4 Å². The molecule has 5 rings (SSSR count). The number of hydrogen-bond donors (Lipinski definition) is 1. The fourth-order valence-corrected chi connectivity index (χ4v) is 5.29. The van der Waals surface area contributed by atoms with E-state index in [1.807, 2.05) is 36.4 Å². The van der Waals surface area contributed by atoms with Gasteiger partial charge in [0.05, 0.1) is 47.4 Å². The number of nitrogens with zero attached hydrogens (tertiary/aromatic N) is 2. The summed E-state index contributed by atoms with van der Waals surface area (Å²) in [5, 5.41) is 4.18. The molecule has 6 nitrogen and oxygen atoms in total. The Labute approximate surface area is 217 Å². The zero-order valence-electron chi connectivity index (χ0n) is 20.9. The Morgan fingerprint density at radius 3 is 2.53 bits per heavy atom. The van der Waals surface area contributed by atoms with Gasteiger partial charge in [-0.25, -0.2) is 0 Å². The molecule has 0 bridgehead atoms. The van der Waals surface area contributed by atoms with Crippen LogP contribution >= 0.6 is 0 Å². The first-order valence-electron chi connectivity index (χ1n) is 12.6. The average molecular weight is 524 g/mol. The van der Waals surface area contributed by atoms with E-state index >= 15 is 0 Å². The molecule has 1 aliphatic carbocycles. The van der Waals surface area contributed by atoms with E-state index in [9.17, 15) is 22.8 Å². The lowest BCUT2D eigenvalue weighted by Crippen LogP contribution is -2.33. The lowest BCUT2D eigenvalue weighted by Gasteiger charge is -2.27. The normalized spacial score (nSPS) is 18.0. The maximum atomic E-state index is 13.7. The minimum atomic E-state index is -4.59. The van der Waals surface area contributed by atoms with Gasteiger partial charge in [-0.3, -0.25) is 14.6 Å². The van der Waals surface area contributed by atoms with Gasteiger partial charge in [-0.2, -0.15) is 13.2 Å². The number of ether oxygens (including phenoxy) is 1. The van der Waals surface area contributed by atoms with Crippen molar-refractivity contribution in [2.75, 3.05) is 13.7 Å². The SMILES string of the molecule is COC(=O)[C@H]1CC[C@H](CNC(=O)c2cc(C(F)(F)F)cc3ccn(Cc4ccc5ccccc5n4)c23)CC1. The molecular weight excluding hydrogens is 495 g/mol. The fourth-order valence-electron chi connectivity index (χ4n) is 5.29. The van der Waals surface area contributed by atoms with Crippen molar-refractivity contribution >= 4 is 33.7 Å². The van der Waals surface area contributed by atoms with E-state index in [1.54, 1.807) is 16.8 Å². The number of methoxy groups -OCH3 is 1. The molecule has 2 heterocycles. The van der Waals surface area contributed by atoms with Gasteiger partial charge in [-0.15, -0.1) is 0 Å². The molecule has 9 heteroatoms. The lowest BCUT2D eigenvalue weighted by atomic mass is 9.82. The summed E-state index contributed by atoms with van der Waals surface area (Å²) in [6, 6.07) is 15.1. The number of carbonyl (C=O) groups is 2. The van der Waals surface area contributed by atoms with Gasteiger partial charge in [-0.1, -0.05) is 24.3 Å². The van der Waals surface area contributed by atoms with Crippen molar-refractivity contribution in [3.8, 4) is 0 Å². The van der Waals surface area contributed by atoms with Gasteiger partial charge in [-0.05, 0) is 61.9 Å². The third-order valence-corrected chi connectivity index (χ3v) is 7.35. The molecule has 1 amide bonds. The predicted octanol–water partition coefficient (Wildman–Crippen LogP) is 5.97. The molecule has 1 aliphatic rings. The Bertz CT molecular complexity index is 1490. The zero-order valence-corrected chi connectivity index (χ0v) is 20.9. The number of carbonyl (C=O) groups excluding carboxylic acids is 2. The van der Waals surface area contributed by atoms with E-state index in [0.29, 0.717) is 36.8 Å². The number of para-hydroxylation sites is 1. The van der Waals surface area contributed by atoms with Crippen molar-refractivity contribution < 1.29 is 27.5 Å². The van der Waals surface area contributed by atoms with Crippen molar-refractivity contribution in [1.29, 1.82) is 0 Å². The fraction of sp³-hybridized carbons (Fsp3) is 0.345. The Morgan fingerprint density at radius 2 is 1.79 bits per heavy atom. The predicted molar refractivity (Wildman–Crippen MR) is 138 cm³/mol. The third-order valence-electron chi connectivity index (χ3n) is 7.35. The van der Waals surface area contributed by atoms with Gasteiger partial charge in [0.1, 0.15) is 0 Å². The van der Waals surface area contributed by atoms with Gasteiger partial charge < -0.3 is 14.6 Å². The molecule has 0 aliphatic heterocycles. The first kappa shape index (κ1) is 25.8. The molecule has 0 saturated heterocycles. The smallest absolute Gasteiger partial charge is 0.416 e. The van der Waals surface area contributed by atoms with Gasteiger partial charge in [0.15, 0.2) is 0 Å². The summed E-state index contributed by atoms with van der Waals surface area (Å²) in [6.07, 6.45) is -0.0839. The number of rotatable bonds is 6. The van der Waals surface area contributed by atoms with Crippen LogP contribution in [0.4, 0.5) is 13.2 Å². The summed E-state index contributed by atoms with van der Waals surface area (Å²) in [5.41, 5.74) is 1.09. The van der Waals surface area contributed by atoms with Crippen LogP contribution in [0.25, 0.3) is 21.8 Å². The Hall–Kier alpha value is -3.88. The number of nitrogens with one attached hydrogen (secondary N) is 1. The van der Waals surface area contributed by atoms with E-state index in [0.717, 1.165) is 41.6 Å². The van der Waals surface area contributed by atoms with Gasteiger partial charge in [0.25, 0.3) is 5.91 Å². The molecule has 1 N–H and O–H groups in total. The van der Waals surface area contributed by atoms with Crippen LogP contribution in [0.5, 0.6) is 0 Å². The highest BCUT2D eigenvalue weighted by Crippen LogP contribution is 2.34. The van der Waals surface area contributed by atoms with Crippen molar-refractivity contribution in [2.24, 2.45) is 11.8 Å². The molecular formula is C29H28F3N3O3. The first-order valence-corrected chi connectivity index (χ1v) is 12.6. The molecule has 1 fully saturated rings. The van der Waals surface area contributed by atoms with Crippen LogP contribution in [0, 0.1) is 11.8 Å². The van der Waals surface area contributed by atoms with Crippen LogP contribution in [0.15, 0.2) is 60.8 Å². The largest absolute Gasteiger partial charge is 0.469 e. The summed E-state index contributed by atoms with van der Waals surface area (Å²) < 4.78 is 47.6. The van der Waals surface area contributed by atoms with Crippen LogP contribution in [0.2, 0.25) is 0 Å². The van der Waals surface area contributed by atoms with Crippen LogP contribution in [0.3, 0.4) is 0 Å². The molecule has 0 radical (unpaired) electrons. The summed E-state index contributed by atoms with van der Waals surface area (Å²) in [6.45, 7) is 0.634. The molecule has 4 aromatic rings. The number of alkyl halides is 3. The molecule has 1 saturated carbocycles. The second kappa shape index (κ2) is 10.5.